The van der Waals surface area contributed by atoms with Crippen LogP contribution in [0.15, 0.2) is 35.7 Å². The molecule has 1 amide bonds. The van der Waals surface area contributed by atoms with Gasteiger partial charge in [0.25, 0.3) is 0 Å². The topological polar surface area (TPSA) is 85.4 Å². The Balaban J connectivity index is 1.41. The maximum atomic E-state index is 12.3. The van der Waals surface area contributed by atoms with E-state index in [1.165, 1.54) is 11.3 Å². The second-order valence-electron chi connectivity index (χ2n) is 7.23. The monoisotopic (exact) mass is 456 g/mol. The first-order chi connectivity index (χ1) is 14.8. The van der Waals surface area contributed by atoms with Gasteiger partial charge in [-0.3, -0.25) is 14.4 Å². The van der Waals surface area contributed by atoms with Crippen LogP contribution in [-0.4, -0.2) is 22.6 Å². The van der Waals surface area contributed by atoms with Gasteiger partial charge in [0.1, 0.15) is 11.6 Å². The van der Waals surface area contributed by atoms with Crippen molar-refractivity contribution < 1.29 is 19.1 Å². The van der Waals surface area contributed by atoms with E-state index in [9.17, 15) is 14.4 Å². The van der Waals surface area contributed by atoms with Crippen LogP contribution in [0.5, 0.6) is 0 Å². The van der Waals surface area contributed by atoms with Gasteiger partial charge in [-0.2, -0.15) is 0 Å². The van der Waals surface area contributed by atoms with Crippen LogP contribution in [0.4, 0.5) is 5.69 Å². The summed E-state index contributed by atoms with van der Waals surface area (Å²) in [6, 6.07) is 9.43. The molecular weight excluding hydrogens is 432 g/mol. The molecule has 162 valence electrons. The van der Waals surface area contributed by atoms with E-state index in [4.69, 9.17) is 4.74 Å². The van der Waals surface area contributed by atoms with Crippen LogP contribution in [0.1, 0.15) is 49.2 Å². The van der Waals surface area contributed by atoms with E-state index in [1.807, 2.05) is 51.1 Å². The molecule has 6 nitrogen and oxygen atoms in total. The minimum atomic E-state index is -0.440. The van der Waals surface area contributed by atoms with E-state index < -0.39 is 5.97 Å². The Labute approximate surface area is 189 Å². The number of carbonyl (C=O) groups is 3. The standard InChI is InChI=1S/C23H24N2O4S2/c1-14-4-6-17(7-5-14)24-21(27)11-22-25-18(13-30-22)12-29-23(28)9-8-20(26)19-10-15(2)31-16(19)3/h4-7,10,13H,8-9,11-12H2,1-3H3,(H,24,27). The van der Waals surface area contributed by atoms with Gasteiger partial charge in [-0.25, -0.2) is 4.98 Å². The molecular formula is C23H24N2O4S2. The van der Waals surface area contributed by atoms with Gasteiger partial charge in [0.15, 0.2) is 5.78 Å². The van der Waals surface area contributed by atoms with Crippen LogP contribution in [0.3, 0.4) is 0 Å². The summed E-state index contributed by atoms with van der Waals surface area (Å²) >= 11 is 2.92. The molecule has 0 fully saturated rings. The third-order valence-electron chi connectivity index (χ3n) is 4.53. The van der Waals surface area contributed by atoms with Crippen LogP contribution in [-0.2, 0) is 27.4 Å². The quantitative estimate of drug-likeness (QED) is 0.361. The predicted octanol–water partition coefficient (Wildman–Crippen LogP) is 5.02. The SMILES string of the molecule is Cc1ccc(NC(=O)Cc2nc(COC(=O)CCC(=O)c3cc(C)sc3C)cs2)cc1. The summed E-state index contributed by atoms with van der Waals surface area (Å²) in [6.07, 6.45) is 0.306. The van der Waals surface area contributed by atoms with Gasteiger partial charge in [0.2, 0.25) is 5.91 Å². The van der Waals surface area contributed by atoms with Crippen molar-refractivity contribution in [2.45, 2.75) is 46.6 Å². The Bertz CT molecular complexity index is 1080. The first kappa shape index (κ1) is 22.8. The van der Waals surface area contributed by atoms with Crippen LogP contribution < -0.4 is 5.32 Å². The second kappa shape index (κ2) is 10.5. The number of thiophene rings is 1. The van der Waals surface area contributed by atoms with Crippen molar-refractivity contribution in [1.29, 1.82) is 0 Å². The van der Waals surface area contributed by atoms with Crippen LogP contribution in [0.2, 0.25) is 0 Å². The van der Waals surface area contributed by atoms with Crippen molar-refractivity contribution in [2.75, 3.05) is 5.32 Å². The average molecular weight is 457 g/mol. The minimum absolute atomic E-state index is 0.0275. The summed E-state index contributed by atoms with van der Waals surface area (Å²) in [5, 5.41) is 5.25. The summed E-state index contributed by atoms with van der Waals surface area (Å²) in [6.45, 7) is 5.87. The fourth-order valence-corrected chi connectivity index (χ4v) is 4.68. The summed E-state index contributed by atoms with van der Waals surface area (Å²) in [4.78, 5) is 42.8. The number of amides is 1. The van der Waals surface area contributed by atoms with Crippen molar-refractivity contribution in [3.8, 4) is 0 Å². The zero-order valence-corrected chi connectivity index (χ0v) is 19.3. The van der Waals surface area contributed by atoms with Crippen molar-refractivity contribution in [3.05, 3.63) is 67.3 Å². The number of esters is 1. The number of hydrogen-bond acceptors (Lipinski definition) is 7. The Kier molecular flexibility index (Phi) is 7.70. The fourth-order valence-electron chi connectivity index (χ4n) is 2.96. The Morgan fingerprint density at radius 3 is 2.48 bits per heavy atom. The molecule has 0 bridgehead atoms. The number of Topliss-reactive ketones (excluding diaryl/α,β-unsaturated/α-hetero) is 1. The highest BCUT2D eigenvalue weighted by molar-refractivity contribution is 7.12. The number of anilines is 1. The van der Waals surface area contributed by atoms with Crippen molar-refractivity contribution in [3.63, 3.8) is 0 Å². The lowest BCUT2D eigenvalue weighted by Gasteiger charge is -2.04. The Hall–Kier alpha value is -2.84. The first-order valence-electron chi connectivity index (χ1n) is 9.86. The normalized spacial score (nSPS) is 10.7. The third-order valence-corrected chi connectivity index (χ3v) is 6.39. The molecule has 31 heavy (non-hydrogen) atoms. The Morgan fingerprint density at radius 1 is 1.06 bits per heavy atom. The maximum Gasteiger partial charge on any atom is 0.306 e. The summed E-state index contributed by atoms with van der Waals surface area (Å²) in [5.41, 5.74) is 3.14. The molecule has 2 aromatic heterocycles. The van der Waals surface area contributed by atoms with Crippen LogP contribution in [0, 0.1) is 20.8 Å². The van der Waals surface area contributed by atoms with Gasteiger partial charge in [0.05, 0.1) is 18.5 Å². The van der Waals surface area contributed by atoms with Gasteiger partial charge in [-0.1, -0.05) is 17.7 Å². The summed E-state index contributed by atoms with van der Waals surface area (Å²) < 4.78 is 5.23. The second-order valence-corrected chi connectivity index (χ2v) is 9.64. The van der Waals surface area contributed by atoms with Crippen LogP contribution in [0.25, 0.3) is 0 Å². The van der Waals surface area contributed by atoms with Crippen LogP contribution >= 0.6 is 22.7 Å². The highest BCUT2D eigenvalue weighted by Crippen LogP contribution is 2.22. The lowest BCUT2D eigenvalue weighted by molar-refractivity contribution is -0.145. The molecule has 0 radical (unpaired) electrons. The largest absolute Gasteiger partial charge is 0.459 e. The molecule has 3 aromatic rings. The number of nitrogens with one attached hydrogen (secondary N) is 1. The summed E-state index contributed by atoms with van der Waals surface area (Å²) in [5.74, 6) is -0.641. The molecule has 8 heteroatoms. The van der Waals surface area contributed by atoms with E-state index >= 15 is 0 Å². The average Bonchev–Trinajstić information content (AvgIpc) is 3.31. The predicted molar refractivity (Wildman–Crippen MR) is 123 cm³/mol. The van der Waals surface area contributed by atoms with Gasteiger partial charge < -0.3 is 10.1 Å². The van der Waals surface area contributed by atoms with Crippen molar-refractivity contribution >= 4 is 46.0 Å². The molecule has 0 spiro atoms. The fraction of sp³-hybridized carbons (Fsp3) is 0.304. The number of thiazole rings is 1. The maximum absolute atomic E-state index is 12.3. The molecule has 0 unspecified atom stereocenters. The first-order valence-corrected chi connectivity index (χ1v) is 11.6. The van der Waals surface area contributed by atoms with E-state index in [2.05, 4.69) is 10.3 Å². The van der Waals surface area contributed by atoms with E-state index in [-0.39, 0.29) is 37.6 Å². The van der Waals surface area contributed by atoms with Crippen molar-refractivity contribution in [2.24, 2.45) is 0 Å². The minimum Gasteiger partial charge on any atom is -0.459 e. The highest BCUT2D eigenvalue weighted by Gasteiger charge is 2.15. The van der Waals surface area contributed by atoms with Gasteiger partial charge in [-0.15, -0.1) is 22.7 Å². The van der Waals surface area contributed by atoms with E-state index in [1.54, 1.807) is 16.7 Å². The molecule has 1 N–H and O–H groups in total. The molecule has 0 aliphatic rings. The molecule has 0 saturated carbocycles. The number of benzene rings is 1. The highest BCUT2D eigenvalue weighted by atomic mass is 32.1. The number of nitrogens with zero attached hydrogens (tertiary/aromatic N) is 1. The number of carbonyl (C=O) groups excluding carboxylic acids is 3. The van der Waals surface area contributed by atoms with Crippen molar-refractivity contribution in [1.82, 2.24) is 4.98 Å². The molecule has 0 aliphatic carbocycles. The zero-order chi connectivity index (χ0) is 22.4. The smallest absolute Gasteiger partial charge is 0.306 e. The van der Waals surface area contributed by atoms with E-state index in [0.717, 1.165) is 21.0 Å². The molecule has 0 saturated heterocycles. The lowest BCUT2D eigenvalue weighted by atomic mass is 10.1. The number of rotatable bonds is 9. The van der Waals surface area contributed by atoms with Gasteiger partial charge >= 0.3 is 5.97 Å². The molecule has 3 rings (SSSR count). The molecule has 0 atom stereocenters. The number of aromatic nitrogens is 1. The number of ether oxygens (including phenoxy) is 1. The summed E-state index contributed by atoms with van der Waals surface area (Å²) in [7, 11) is 0. The van der Waals surface area contributed by atoms with Gasteiger partial charge in [-0.05, 0) is 39.0 Å². The van der Waals surface area contributed by atoms with Gasteiger partial charge in [0, 0.05) is 32.8 Å². The molecule has 0 aliphatic heterocycles. The van der Waals surface area contributed by atoms with E-state index in [0.29, 0.717) is 16.3 Å². The lowest BCUT2D eigenvalue weighted by Crippen LogP contribution is -2.14. The Morgan fingerprint density at radius 2 is 1.81 bits per heavy atom. The molecule has 1 aromatic carbocycles. The third kappa shape index (κ3) is 6.83. The number of ketones is 1. The molecule has 2 heterocycles. The number of hydrogen-bond donors (Lipinski definition) is 1. The number of aryl methyl sites for hydroxylation is 3. The zero-order valence-electron chi connectivity index (χ0n) is 17.7.